The van der Waals surface area contributed by atoms with Gasteiger partial charge in [-0.25, -0.2) is 4.79 Å². The first-order chi connectivity index (χ1) is 15.5. The SMILES string of the molecule is CCC(C)C(NC(=O)C(N)Cc1ccccc1)C(=O)NC(CO)C(=O)NC(C(=O)O)C(C)C. The van der Waals surface area contributed by atoms with Crippen molar-refractivity contribution in [3.63, 3.8) is 0 Å². The molecule has 1 aromatic carbocycles. The molecular weight excluding hydrogens is 428 g/mol. The van der Waals surface area contributed by atoms with Crippen LogP contribution in [0.25, 0.3) is 0 Å². The van der Waals surface area contributed by atoms with Gasteiger partial charge in [0.2, 0.25) is 17.7 Å². The second-order valence-electron chi connectivity index (χ2n) is 8.48. The maximum absolute atomic E-state index is 12.9. The Morgan fingerprint density at radius 2 is 1.48 bits per heavy atom. The van der Waals surface area contributed by atoms with Crippen LogP contribution in [0, 0.1) is 11.8 Å². The quantitative estimate of drug-likeness (QED) is 0.234. The number of hydrogen-bond acceptors (Lipinski definition) is 6. The van der Waals surface area contributed by atoms with Gasteiger partial charge in [-0.2, -0.15) is 0 Å². The van der Waals surface area contributed by atoms with E-state index in [9.17, 15) is 29.4 Å². The number of nitrogens with one attached hydrogen (secondary N) is 3. The van der Waals surface area contributed by atoms with Crippen molar-refractivity contribution in [3.05, 3.63) is 35.9 Å². The molecule has 33 heavy (non-hydrogen) atoms. The van der Waals surface area contributed by atoms with Gasteiger partial charge in [-0.1, -0.05) is 64.4 Å². The van der Waals surface area contributed by atoms with Gasteiger partial charge in [0.25, 0.3) is 0 Å². The minimum atomic E-state index is -1.38. The summed E-state index contributed by atoms with van der Waals surface area (Å²) in [6, 6.07) is 4.79. The number of benzene rings is 1. The highest BCUT2D eigenvalue weighted by molar-refractivity contribution is 5.94. The van der Waals surface area contributed by atoms with Crippen molar-refractivity contribution in [1.82, 2.24) is 16.0 Å². The van der Waals surface area contributed by atoms with Crippen molar-refractivity contribution in [2.24, 2.45) is 17.6 Å². The Balaban J connectivity index is 2.87. The summed E-state index contributed by atoms with van der Waals surface area (Å²) in [5, 5.41) is 26.3. The molecule has 0 fully saturated rings. The highest BCUT2D eigenvalue weighted by Gasteiger charge is 2.32. The number of rotatable bonds is 13. The lowest BCUT2D eigenvalue weighted by Gasteiger charge is -2.27. The summed E-state index contributed by atoms with van der Waals surface area (Å²) in [5.41, 5.74) is 6.90. The number of hydrogen-bond donors (Lipinski definition) is 6. The summed E-state index contributed by atoms with van der Waals surface area (Å²) in [7, 11) is 0. The molecule has 0 aliphatic carbocycles. The average Bonchev–Trinajstić information content (AvgIpc) is 2.78. The Bertz CT molecular complexity index is 801. The number of aliphatic hydroxyl groups is 1. The Hall–Kier alpha value is -2.98. The molecule has 3 amide bonds. The highest BCUT2D eigenvalue weighted by Crippen LogP contribution is 2.10. The van der Waals surface area contributed by atoms with Gasteiger partial charge >= 0.3 is 5.97 Å². The van der Waals surface area contributed by atoms with Crippen molar-refractivity contribution in [2.75, 3.05) is 6.61 Å². The minimum absolute atomic E-state index is 0.287. The van der Waals surface area contributed by atoms with E-state index in [1.807, 2.05) is 37.3 Å². The van der Waals surface area contributed by atoms with Crippen molar-refractivity contribution in [2.45, 2.75) is 64.7 Å². The van der Waals surface area contributed by atoms with Gasteiger partial charge in [-0.15, -0.1) is 0 Å². The van der Waals surface area contributed by atoms with Crippen LogP contribution in [0.2, 0.25) is 0 Å². The predicted octanol–water partition coefficient (Wildman–Crippen LogP) is -0.210. The van der Waals surface area contributed by atoms with Gasteiger partial charge in [0.15, 0.2) is 0 Å². The first-order valence-electron chi connectivity index (χ1n) is 11.1. The Morgan fingerprint density at radius 3 is 1.97 bits per heavy atom. The van der Waals surface area contributed by atoms with Gasteiger partial charge in [0, 0.05) is 0 Å². The number of carbonyl (C=O) groups excluding carboxylic acids is 3. The van der Waals surface area contributed by atoms with Crippen molar-refractivity contribution >= 4 is 23.7 Å². The Kier molecular flexibility index (Phi) is 11.5. The number of aliphatic carboxylic acids is 1. The molecule has 5 atom stereocenters. The van der Waals surface area contributed by atoms with Gasteiger partial charge in [-0.05, 0) is 23.8 Å². The van der Waals surface area contributed by atoms with E-state index in [4.69, 9.17) is 5.73 Å². The summed E-state index contributed by atoms with van der Waals surface area (Å²) in [6.45, 7) is 6.12. The minimum Gasteiger partial charge on any atom is -0.480 e. The lowest BCUT2D eigenvalue weighted by Crippen LogP contribution is -2.60. The van der Waals surface area contributed by atoms with E-state index in [1.54, 1.807) is 20.8 Å². The molecule has 0 saturated carbocycles. The van der Waals surface area contributed by atoms with Crippen LogP contribution in [-0.4, -0.2) is 64.7 Å². The van der Waals surface area contributed by atoms with Crippen LogP contribution in [0.1, 0.15) is 39.7 Å². The molecule has 0 saturated heterocycles. The van der Waals surface area contributed by atoms with Crippen LogP contribution in [-0.2, 0) is 25.6 Å². The molecular formula is C23H36N4O6. The van der Waals surface area contributed by atoms with Gasteiger partial charge in [0.1, 0.15) is 18.1 Å². The molecule has 5 unspecified atom stereocenters. The molecule has 0 spiro atoms. The topological polar surface area (TPSA) is 171 Å². The molecule has 10 heteroatoms. The van der Waals surface area contributed by atoms with E-state index in [2.05, 4.69) is 16.0 Å². The summed E-state index contributed by atoms with van der Waals surface area (Å²) >= 11 is 0. The highest BCUT2D eigenvalue weighted by atomic mass is 16.4. The second kappa shape index (κ2) is 13.5. The molecule has 10 nitrogen and oxygen atoms in total. The number of carbonyl (C=O) groups is 4. The fourth-order valence-electron chi connectivity index (χ4n) is 3.15. The van der Waals surface area contributed by atoms with Gasteiger partial charge in [-0.3, -0.25) is 14.4 Å². The molecule has 1 aromatic rings. The first kappa shape index (κ1) is 28.1. The van der Waals surface area contributed by atoms with Crippen LogP contribution in [0.4, 0.5) is 0 Å². The maximum Gasteiger partial charge on any atom is 0.326 e. The summed E-state index contributed by atoms with van der Waals surface area (Å²) < 4.78 is 0. The number of aliphatic hydroxyl groups excluding tert-OH is 1. The number of carboxylic acids is 1. The summed E-state index contributed by atoms with van der Waals surface area (Å²) in [4.78, 5) is 49.4. The Morgan fingerprint density at radius 1 is 0.909 bits per heavy atom. The third-order valence-corrected chi connectivity index (χ3v) is 5.47. The zero-order valence-corrected chi connectivity index (χ0v) is 19.6. The van der Waals surface area contributed by atoms with Crippen LogP contribution in [0.5, 0.6) is 0 Å². The average molecular weight is 465 g/mol. The molecule has 0 aliphatic rings. The maximum atomic E-state index is 12.9. The zero-order chi connectivity index (χ0) is 25.1. The Labute approximate surface area is 194 Å². The smallest absolute Gasteiger partial charge is 0.326 e. The van der Waals surface area contributed by atoms with Gasteiger partial charge in [0.05, 0.1) is 12.6 Å². The number of carboxylic acid groups (broad SMARTS) is 1. The molecule has 0 aliphatic heterocycles. The van der Waals surface area contributed by atoms with Crippen LogP contribution < -0.4 is 21.7 Å². The fraction of sp³-hybridized carbons (Fsp3) is 0.565. The normalized spacial score (nSPS) is 15.6. The second-order valence-corrected chi connectivity index (χ2v) is 8.48. The lowest BCUT2D eigenvalue weighted by molar-refractivity contribution is -0.144. The predicted molar refractivity (Wildman–Crippen MR) is 123 cm³/mol. The van der Waals surface area contributed by atoms with E-state index in [0.717, 1.165) is 5.56 Å². The van der Waals surface area contributed by atoms with Crippen molar-refractivity contribution in [1.29, 1.82) is 0 Å². The standard InChI is InChI=1S/C23H36N4O6/c1-5-14(4)19(27-20(29)16(24)11-15-9-7-6-8-10-15)22(31)25-17(12-28)21(30)26-18(13(2)3)23(32)33/h6-10,13-14,16-19,28H,5,11-12,24H2,1-4H3,(H,25,31)(H,26,30)(H,27,29)(H,32,33). The summed E-state index contributed by atoms with van der Waals surface area (Å²) in [6.07, 6.45) is 0.839. The molecule has 0 radical (unpaired) electrons. The molecule has 7 N–H and O–H groups in total. The third kappa shape index (κ3) is 8.82. The largest absolute Gasteiger partial charge is 0.480 e. The van der Waals surface area contributed by atoms with Crippen molar-refractivity contribution < 1.29 is 29.4 Å². The monoisotopic (exact) mass is 464 g/mol. The van der Waals surface area contributed by atoms with Crippen molar-refractivity contribution in [3.8, 4) is 0 Å². The van der Waals surface area contributed by atoms with E-state index in [-0.39, 0.29) is 12.3 Å². The van der Waals surface area contributed by atoms with Crippen LogP contribution in [0.15, 0.2) is 30.3 Å². The molecule has 0 bridgehead atoms. The lowest BCUT2D eigenvalue weighted by atomic mass is 9.97. The summed E-state index contributed by atoms with van der Waals surface area (Å²) in [5.74, 6) is -3.94. The number of nitrogens with two attached hydrogens (primary N) is 1. The van der Waals surface area contributed by atoms with E-state index < -0.39 is 60.4 Å². The fourth-order valence-corrected chi connectivity index (χ4v) is 3.15. The molecule has 184 valence electrons. The van der Waals surface area contributed by atoms with Crippen LogP contribution in [0.3, 0.4) is 0 Å². The van der Waals surface area contributed by atoms with E-state index >= 15 is 0 Å². The van der Waals surface area contributed by atoms with E-state index in [1.165, 1.54) is 0 Å². The molecule has 0 heterocycles. The molecule has 1 rings (SSSR count). The zero-order valence-electron chi connectivity index (χ0n) is 19.6. The first-order valence-corrected chi connectivity index (χ1v) is 11.1. The van der Waals surface area contributed by atoms with Gasteiger partial charge < -0.3 is 31.9 Å². The van der Waals surface area contributed by atoms with E-state index in [0.29, 0.717) is 6.42 Å². The molecule has 0 aromatic heterocycles. The number of amides is 3. The van der Waals surface area contributed by atoms with Crippen LogP contribution >= 0.6 is 0 Å². The third-order valence-electron chi connectivity index (χ3n) is 5.47.